The number of pyridine rings is 1. The highest BCUT2D eigenvalue weighted by molar-refractivity contribution is 6.02. The van der Waals surface area contributed by atoms with E-state index < -0.39 is 0 Å². The molecular weight excluding hydrogens is 366 g/mol. The van der Waals surface area contributed by atoms with Crippen molar-refractivity contribution in [1.29, 1.82) is 0 Å². The van der Waals surface area contributed by atoms with Gasteiger partial charge in [0.2, 0.25) is 5.82 Å². The molecule has 4 aromatic rings. The van der Waals surface area contributed by atoms with E-state index >= 15 is 0 Å². The fraction of sp³-hybridized carbons (Fsp3) is 0.136. The monoisotopic (exact) mass is 387 g/mol. The lowest BCUT2D eigenvalue weighted by Crippen LogP contribution is -2.27. The summed E-state index contributed by atoms with van der Waals surface area (Å²) >= 11 is 0. The number of carbonyl (C=O) groups excluding carboxylic acids is 2. The molecule has 3 heterocycles. The van der Waals surface area contributed by atoms with Crippen molar-refractivity contribution in [2.45, 2.75) is 6.42 Å². The summed E-state index contributed by atoms with van der Waals surface area (Å²) in [7, 11) is 0. The van der Waals surface area contributed by atoms with Crippen LogP contribution in [-0.4, -0.2) is 39.3 Å². The van der Waals surface area contributed by atoms with Gasteiger partial charge in [-0.1, -0.05) is 30.3 Å². The third-order valence-electron chi connectivity index (χ3n) is 4.73. The summed E-state index contributed by atoms with van der Waals surface area (Å²) in [4.78, 5) is 32.7. The van der Waals surface area contributed by atoms with Crippen molar-refractivity contribution in [3.8, 4) is 0 Å². The number of para-hydroxylation sites is 1. The van der Waals surface area contributed by atoms with Crippen LogP contribution in [-0.2, 0) is 6.42 Å². The number of carbonyl (C=O) groups is 2. The smallest absolute Gasteiger partial charge is 0.287 e. The lowest BCUT2D eigenvalue weighted by Gasteiger charge is -2.03. The number of rotatable bonds is 7. The Bertz CT molecular complexity index is 1200. The first kappa shape index (κ1) is 18.5. The van der Waals surface area contributed by atoms with Crippen LogP contribution in [0.3, 0.4) is 0 Å². The number of nitrogens with zero attached hydrogens (tertiary/aromatic N) is 2. The average molecular weight is 387 g/mol. The molecule has 29 heavy (non-hydrogen) atoms. The van der Waals surface area contributed by atoms with E-state index in [-0.39, 0.29) is 23.3 Å². The van der Waals surface area contributed by atoms with Crippen LogP contribution in [0.15, 0.2) is 67.5 Å². The molecule has 0 aliphatic carbocycles. The minimum absolute atomic E-state index is 0.171. The lowest BCUT2D eigenvalue weighted by atomic mass is 10.1. The molecule has 0 saturated heterocycles. The number of imidazole rings is 1. The van der Waals surface area contributed by atoms with E-state index in [1.165, 1.54) is 0 Å². The Hall–Kier alpha value is -3.87. The molecule has 0 fully saturated rings. The molecule has 0 atom stereocenters. The molecule has 0 saturated carbocycles. The van der Waals surface area contributed by atoms with Crippen LogP contribution in [0.4, 0.5) is 0 Å². The Morgan fingerprint density at radius 1 is 1.10 bits per heavy atom. The molecule has 0 radical (unpaired) electrons. The number of H-pyrrole nitrogens is 1. The van der Waals surface area contributed by atoms with Gasteiger partial charge in [-0.15, -0.1) is 6.58 Å². The molecule has 146 valence electrons. The number of hydrogen-bond donors (Lipinski definition) is 3. The van der Waals surface area contributed by atoms with Crippen molar-refractivity contribution in [1.82, 2.24) is 25.0 Å². The number of hydrogen-bond acceptors (Lipinski definition) is 3. The van der Waals surface area contributed by atoms with E-state index in [4.69, 9.17) is 0 Å². The molecular formula is C22H21N5O2. The van der Waals surface area contributed by atoms with Crippen LogP contribution >= 0.6 is 0 Å². The van der Waals surface area contributed by atoms with Crippen molar-refractivity contribution in [2.24, 2.45) is 0 Å². The normalized spacial score (nSPS) is 10.9. The number of aromatic amines is 1. The summed E-state index contributed by atoms with van der Waals surface area (Å²) in [6.07, 6.45) is 5.96. The van der Waals surface area contributed by atoms with Gasteiger partial charge in [-0.05, 0) is 30.2 Å². The SMILES string of the molecule is C=CCNC(=O)c1nc(C(=O)NCCc2c[nH]c3ccccc23)c2ccccn12. The standard InChI is InChI=1S/C22H21N5O2/c1-2-11-23-22(29)20-26-19(18-9-5-6-13-27(18)20)21(28)24-12-10-15-14-25-17-8-4-3-7-16(15)17/h2-9,13-14,25H,1,10-12H2,(H,23,29)(H,24,28). The maximum atomic E-state index is 12.8. The maximum Gasteiger partial charge on any atom is 0.287 e. The summed E-state index contributed by atoms with van der Waals surface area (Å²) in [6, 6.07) is 13.4. The summed E-state index contributed by atoms with van der Waals surface area (Å²) in [5.41, 5.74) is 3.03. The Morgan fingerprint density at radius 2 is 1.93 bits per heavy atom. The van der Waals surface area contributed by atoms with Crippen molar-refractivity contribution in [2.75, 3.05) is 13.1 Å². The quantitative estimate of drug-likeness (QED) is 0.426. The molecule has 0 unspecified atom stereocenters. The van der Waals surface area contributed by atoms with Gasteiger partial charge in [0.25, 0.3) is 11.8 Å². The third kappa shape index (κ3) is 3.62. The highest BCUT2D eigenvalue weighted by Crippen LogP contribution is 2.18. The van der Waals surface area contributed by atoms with Crippen molar-refractivity contribution >= 4 is 28.2 Å². The number of benzene rings is 1. The van der Waals surface area contributed by atoms with E-state index in [0.29, 0.717) is 25.0 Å². The molecule has 3 aromatic heterocycles. The minimum atomic E-state index is -0.357. The Morgan fingerprint density at radius 3 is 2.79 bits per heavy atom. The number of nitrogens with one attached hydrogen (secondary N) is 3. The van der Waals surface area contributed by atoms with Gasteiger partial charge in [0.05, 0.1) is 5.52 Å². The second kappa shape index (κ2) is 8.02. The fourth-order valence-corrected chi connectivity index (χ4v) is 3.34. The van der Waals surface area contributed by atoms with Gasteiger partial charge in [0, 0.05) is 36.4 Å². The Kier molecular flexibility index (Phi) is 5.11. The van der Waals surface area contributed by atoms with Crippen LogP contribution < -0.4 is 10.6 Å². The van der Waals surface area contributed by atoms with Gasteiger partial charge < -0.3 is 15.6 Å². The van der Waals surface area contributed by atoms with E-state index in [1.54, 1.807) is 28.8 Å². The summed E-state index contributed by atoms with van der Waals surface area (Å²) in [5.74, 6) is -0.496. The molecule has 4 rings (SSSR count). The molecule has 1 aromatic carbocycles. The van der Waals surface area contributed by atoms with E-state index in [1.807, 2.05) is 30.5 Å². The van der Waals surface area contributed by atoms with Gasteiger partial charge in [-0.3, -0.25) is 14.0 Å². The molecule has 0 aliphatic rings. The largest absolute Gasteiger partial charge is 0.361 e. The van der Waals surface area contributed by atoms with Gasteiger partial charge in [0.1, 0.15) is 0 Å². The zero-order valence-corrected chi connectivity index (χ0v) is 15.8. The Balaban J connectivity index is 1.51. The minimum Gasteiger partial charge on any atom is -0.361 e. The van der Waals surface area contributed by atoms with Crippen LogP contribution in [0.1, 0.15) is 26.7 Å². The highest BCUT2D eigenvalue weighted by atomic mass is 16.2. The molecule has 2 amide bonds. The molecule has 0 bridgehead atoms. The number of aromatic nitrogens is 3. The van der Waals surface area contributed by atoms with Crippen molar-refractivity contribution in [3.63, 3.8) is 0 Å². The summed E-state index contributed by atoms with van der Waals surface area (Å²) < 4.78 is 1.62. The first-order valence-corrected chi connectivity index (χ1v) is 9.38. The molecule has 0 aliphatic heterocycles. The lowest BCUT2D eigenvalue weighted by molar-refractivity contribution is 0.0947. The average Bonchev–Trinajstić information content (AvgIpc) is 3.34. The fourth-order valence-electron chi connectivity index (χ4n) is 3.34. The van der Waals surface area contributed by atoms with Gasteiger partial charge in [0.15, 0.2) is 5.69 Å². The zero-order chi connectivity index (χ0) is 20.2. The molecule has 0 spiro atoms. The van der Waals surface area contributed by atoms with Gasteiger partial charge in [-0.2, -0.15) is 0 Å². The number of fused-ring (bicyclic) bond motifs is 2. The first-order valence-electron chi connectivity index (χ1n) is 9.38. The van der Waals surface area contributed by atoms with Crippen LogP contribution in [0.5, 0.6) is 0 Å². The molecule has 7 heteroatoms. The van der Waals surface area contributed by atoms with E-state index in [2.05, 4.69) is 33.2 Å². The van der Waals surface area contributed by atoms with E-state index in [0.717, 1.165) is 16.5 Å². The molecule has 7 nitrogen and oxygen atoms in total. The summed E-state index contributed by atoms with van der Waals surface area (Å²) in [6.45, 7) is 4.38. The molecule has 3 N–H and O–H groups in total. The predicted molar refractivity (Wildman–Crippen MR) is 112 cm³/mol. The third-order valence-corrected chi connectivity index (χ3v) is 4.73. The maximum absolute atomic E-state index is 12.8. The van der Waals surface area contributed by atoms with Crippen LogP contribution in [0.25, 0.3) is 16.4 Å². The number of amides is 2. The van der Waals surface area contributed by atoms with Crippen molar-refractivity contribution in [3.05, 3.63) is 84.6 Å². The second-order valence-electron chi connectivity index (χ2n) is 6.60. The first-order chi connectivity index (χ1) is 14.2. The van der Waals surface area contributed by atoms with Gasteiger partial charge >= 0.3 is 0 Å². The summed E-state index contributed by atoms with van der Waals surface area (Å²) in [5, 5.41) is 6.76. The Labute approximate surface area is 167 Å². The second-order valence-corrected chi connectivity index (χ2v) is 6.60. The van der Waals surface area contributed by atoms with Gasteiger partial charge in [-0.25, -0.2) is 4.98 Å². The predicted octanol–water partition coefficient (Wildman–Crippen LogP) is 2.70. The van der Waals surface area contributed by atoms with Crippen LogP contribution in [0.2, 0.25) is 0 Å². The van der Waals surface area contributed by atoms with Crippen molar-refractivity contribution < 1.29 is 9.59 Å². The zero-order valence-electron chi connectivity index (χ0n) is 15.8. The topological polar surface area (TPSA) is 91.3 Å². The highest BCUT2D eigenvalue weighted by Gasteiger charge is 2.20. The van der Waals surface area contributed by atoms with E-state index in [9.17, 15) is 9.59 Å². The van der Waals surface area contributed by atoms with Crippen LogP contribution in [0, 0.1) is 0 Å².